The van der Waals surface area contributed by atoms with E-state index in [0.29, 0.717) is 0 Å². The second kappa shape index (κ2) is 4.82. The van der Waals surface area contributed by atoms with E-state index in [1.807, 2.05) is 6.92 Å². The Morgan fingerprint density at radius 3 is 2.73 bits per heavy atom. The Bertz CT molecular complexity index is 266. The van der Waals surface area contributed by atoms with Gasteiger partial charge in [-0.3, -0.25) is 4.79 Å². The molecule has 0 aliphatic heterocycles. The number of hydrogen-bond acceptors (Lipinski definition) is 1. The van der Waals surface area contributed by atoms with Crippen molar-refractivity contribution >= 4 is 5.91 Å². The van der Waals surface area contributed by atoms with Crippen LogP contribution in [0.2, 0.25) is 0 Å². The maximum absolute atomic E-state index is 11.6. The van der Waals surface area contributed by atoms with Crippen LogP contribution < -0.4 is 5.32 Å². The summed E-state index contributed by atoms with van der Waals surface area (Å²) in [6, 6.07) is 0. The molecule has 2 atom stereocenters. The van der Waals surface area contributed by atoms with E-state index in [2.05, 4.69) is 32.2 Å². The highest BCUT2D eigenvalue weighted by atomic mass is 16.2. The van der Waals surface area contributed by atoms with E-state index < -0.39 is 0 Å². The second-order valence-corrected chi connectivity index (χ2v) is 5.13. The molecule has 0 aromatic carbocycles. The number of carbonyl (C=O) groups is 1. The number of amides is 1. The van der Waals surface area contributed by atoms with Crippen LogP contribution in [0.4, 0.5) is 0 Å². The van der Waals surface area contributed by atoms with Gasteiger partial charge in [-0.25, -0.2) is 0 Å². The van der Waals surface area contributed by atoms with Gasteiger partial charge < -0.3 is 5.32 Å². The van der Waals surface area contributed by atoms with Gasteiger partial charge in [0.2, 0.25) is 5.91 Å². The smallest absolute Gasteiger partial charge is 0.223 e. The van der Waals surface area contributed by atoms with Crippen LogP contribution in [0.5, 0.6) is 0 Å². The van der Waals surface area contributed by atoms with Crippen LogP contribution >= 0.6 is 0 Å². The Balaban J connectivity index is 2.32. The van der Waals surface area contributed by atoms with Crippen LogP contribution in [-0.2, 0) is 4.79 Å². The predicted molar refractivity (Wildman–Crippen MR) is 63.6 cm³/mol. The highest BCUT2D eigenvalue weighted by Crippen LogP contribution is 2.55. The third-order valence-electron chi connectivity index (χ3n) is 3.29. The molecule has 1 aliphatic carbocycles. The highest BCUT2D eigenvalue weighted by Gasteiger charge is 2.53. The van der Waals surface area contributed by atoms with E-state index in [1.54, 1.807) is 0 Å². The van der Waals surface area contributed by atoms with Crippen molar-refractivity contribution in [1.29, 1.82) is 0 Å². The molecular weight excluding hydrogens is 186 g/mol. The van der Waals surface area contributed by atoms with Crippen molar-refractivity contribution < 1.29 is 4.79 Å². The highest BCUT2D eigenvalue weighted by molar-refractivity contribution is 5.82. The van der Waals surface area contributed by atoms with Crippen LogP contribution in [0.1, 0.15) is 47.0 Å². The average Bonchev–Trinajstić information content (AvgIpc) is 2.78. The van der Waals surface area contributed by atoms with Gasteiger partial charge >= 0.3 is 0 Å². The molecule has 2 unspecified atom stereocenters. The summed E-state index contributed by atoms with van der Waals surface area (Å²) in [5, 5.41) is 2.91. The van der Waals surface area contributed by atoms with Crippen molar-refractivity contribution in [2.24, 2.45) is 11.3 Å². The minimum atomic E-state index is 0.247. The first-order valence-electron chi connectivity index (χ1n) is 5.90. The number of rotatable bonds is 5. The van der Waals surface area contributed by atoms with Gasteiger partial charge in [0, 0.05) is 12.5 Å². The van der Waals surface area contributed by atoms with Crippen LogP contribution in [0.3, 0.4) is 0 Å². The first-order valence-corrected chi connectivity index (χ1v) is 5.90. The van der Waals surface area contributed by atoms with Gasteiger partial charge in [-0.05, 0) is 45.4 Å². The first-order chi connectivity index (χ1) is 6.99. The van der Waals surface area contributed by atoms with Gasteiger partial charge in [0.05, 0.1) is 0 Å². The Morgan fingerprint density at radius 1 is 1.53 bits per heavy atom. The third-order valence-corrected chi connectivity index (χ3v) is 3.29. The van der Waals surface area contributed by atoms with Crippen molar-refractivity contribution in [1.82, 2.24) is 5.32 Å². The van der Waals surface area contributed by atoms with E-state index in [-0.39, 0.29) is 17.2 Å². The summed E-state index contributed by atoms with van der Waals surface area (Å²) in [7, 11) is 0. The molecule has 15 heavy (non-hydrogen) atoms. The molecule has 1 rings (SSSR count). The summed E-state index contributed by atoms with van der Waals surface area (Å²) in [4.78, 5) is 11.6. The Kier molecular flexibility index (Phi) is 3.95. The third kappa shape index (κ3) is 3.37. The normalized spacial score (nSPS) is 28.4. The molecule has 0 radical (unpaired) electrons. The van der Waals surface area contributed by atoms with E-state index in [1.165, 1.54) is 5.57 Å². The molecule has 2 nitrogen and oxygen atoms in total. The van der Waals surface area contributed by atoms with E-state index >= 15 is 0 Å². The van der Waals surface area contributed by atoms with Crippen LogP contribution in [-0.4, -0.2) is 12.5 Å². The molecule has 2 heteroatoms. The summed E-state index contributed by atoms with van der Waals surface area (Å²) in [5.74, 6) is 0.514. The Hall–Kier alpha value is -0.790. The van der Waals surface area contributed by atoms with Crippen LogP contribution in [0.25, 0.3) is 0 Å². The zero-order chi connectivity index (χ0) is 11.5. The number of hydrogen-bond donors (Lipinski definition) is 1. The SMILES string of the molecule is CCNC(=O)C1CC1(C)CCC=C(C)C. The molecule has 0 aromatic heterocycles. The fourth-order valence-electron chi connectivity index (χ4n) is 2.08. The summed E-state index contributed by atoms with van der Waals surface area (Å²) >= 11 is 0. The van der Waals surface area contributed by atoms with Crippen molar-refractivity contribution in [3.05, 3.63) is 11.6 Å². The van der Waals surface area contributed by atoms with E-state index in [9.17, 15) is 4.79 Å². The molecule has 1 fully saturated rings. The lowest BCUT2D eigenvalue weighted by molar-refractivity contribution is -0.122. The van der Waals surface area contributed by atoms with Gasteiger partial charge in [-0.15, -0.1) is 0 Å². The van der Waals surface area contributed by atoms with Gasteiger partial charge in [-0.2, -0.15) is 0 Å². The zero-order valence-electron chi connectivity index (χ0n) is 10.4. The van der Waals surface area contributed by atoms with Gasteiger partial charge in [-0.1, -0.05) is 18.6 Å². The predicted octanol–water partition coefficient (Wildman–Crippen LogP) is 2.90. The minimum absolute atomic E-state index is 0.247. The largest absolute Gasteiger partial charge is 0.356 e. The molecule has 1 amide bonds. The van der Waals surface area contributed by atoms with Crippen LogP contribution in [0, 0.1) is 11.3 Å². The first kappa shape index (κ1) is 12.3. The van der Waals surface area contributed by atoms with Crippen molar-refractivity contribution in [2.45, 2.75) is 47.0 Å². The quantitative estimate of drug-likeness (QED) is 0.693. The molecular formula is C13H23NO. The van der Waals surface area contributed by atoms with Crippen LogP contribution in [0.15, 0.2) is 11.6 Å². The minimum Gasteiger partial charge on any atom is -0.356 e. The maximum Gasteiger partial charge on any atom is 0.223 e. The van der Waals surface area contributed by atoms with Gasteiger partial charge in [0.15, 0.2) is 0 Å². The lowest BCUT2D eigenvalue weighted by Crippen LogP contribution is -2.26. The van der Waals surface area contributed by atoms with Crippen molar-refractivity contribution in [3.63, 3.8) is 0 Å². The fraction of sp³-hybridized carbons (Fsp3) is 0.769. The summed E-state index contributed by atoms with van der Waals surface area (Å²) in [5.41, 5.74) is 1.64. The molecule has 86 valence electrons. The Morgan fingerprint density at radius 2 is 2.20 bits per heavy atom. The second-order valence-electron chi connectivity index (χ2n) is 5.13. The lowest BCUT2D eigenvalue weighted by atomic mass is 9.98. The molecule has 1 aliphatic rings. The number of nitrogens with one attached hydrogen (secondary N) is 1. The van der Waals surface area contributed by atoms with Crippen molar-refractivity contribution in [3.8, 4) is 0 Å². The fourth-order valence-corrected chi connectivity index (χ4v) is 2.08. The van der Waals surface area contributed by atoms with Crippen molar-refractivity contribution in [2.75, 3.05) is 6.54 Å². The summed E-state index contributed by atoms with van der Waals surface area (Å²) < 4.78 is 0. The number of allylic oxidation sites excluding steroid dienone is 2. The number of carbonyl (C=O) groups excluding carboxylic acids is 1. The Labute approximate surface area is 93.1 Å². The molecule has 1 N–H and O–H groups in total. The standard InChI is InChI=1S/C13H23NO/c1-5-14-12(15)11-9-13(11,4)8-6-7-10(2)3/h7,11H,5-6,8-9H2,1-4H3,(H,14,15). The van der Waals surface area contributed by atoms with E-state index in [0.717, 1.165) is 25.8 Å². The lowest BCUT2D eigenvalue weighted by Gasteiger charge is -2.09. The van der Waals surface area contributed by atoms with Gasteiger partial charge in [0.25, 0.3) is 0 Å². The van der Waals surface area contributed by atoms with Gasteiger partial charge in [0.1, 0.15) is 0 Å². The molecule has 0 bridgehead atoms. The molecule has 0 spiro atoms. The summed E-state index contributed by atoms with van der Waals surface area (Å²) in [6.07, 6.45) is 5.57. The maximum atomic E-state index is 11.6. The topological polar surface area (TPSA) is 29.1 Å². The average molecular weight is 209 g/mol. The molecule has 0 heterocycles. The zero-order valence-corrected chi connectivity index (χ0v) is 10.4. The molecule has 1 saturated carbocycles. The molecule has 0 aromatic rings. The van der Waals surface area contributed by atoms with E-state index in [4.69, 9.17) is 0 Å². The molecule has 0 saturated heterocycles. The summed E-state index contributed by atoms with van der Waals surface area (Å²) in [6.45, 7) is 9.19. The monoisotopic (exact) mass is 209 g/mol.